The van der Waals surface area contributed by atoms with E-state index in [-0.39, 0.29) is 23.8 Å². The van der Waals surface area contributed by atoms with Crippen molar-refractivity contribution in [1.29, 1.82) is 0 Å². The van der Waals surface area contributed by atoms with Gasteiger partial charge in [-0.15, -0.1) is 0 Å². The van der Waals surface area contributed by atoms with E-state index in [1.165, 1.54) is 6.08 Å². The third-order valence-electron chi connectivity index (χ3n) is 5.20. The van der Waals surface area contributed by atoms with Crippen LogP contribution >= 0.6 is 23.2 Å². The molecular formula is C19H22Cl2N2O2. The molecule has 1 aromatic carbocycles. The Morgan fingerprint density at radius 1 is 1.08 bits per heavy atom. The summed E-state index contributed by atoms with van der Waals surface area (Å²) in [6, 6.07) is 5.41. The standard InChI is InChI=1S/C19H22Cl2N2O2/c1-2-17(24)22-11-8-13(9-12-22)19(25)23-10-4-7-16(23)18-14(20)5-3-6-15(18)21/h2-3,5-6,13,16H,1,4,7-12H2. The SMILES string of the molecule is C=CC(=O)N1CCC(C(=O)N2CCCC2c2c(Cl)cccc2Cl)CC1. The quantitative estimate of drug-likeness (QED) is 0.741. The maximum atomic E-state index is 13.1. The average Bonchev–Trinajstić information content (AvgIpc) is 3.09. The molecule has 1 atom stereocenters. The summed E-state index contributed by atoms with van der Waals surface area (Å²) >= 11 is 12.7. The van der Waals surface area contributed by atoms with Crippen molar-refractivity contribution in [3.05, 3.63) is 46.5 Å². The Morgan fingerprint density at radius 3 is 2.32 bits per heavy atom. The van der Waals surface area contributed by atoms with Crippen molar-refractivity contribution in [3.8, 4) is 0 Å². The molecule has 2 heterocycles. The maximum absolute atomic E-state index is 13.1. The molecule has 0 aliphatic carbocycles. The molecule has 0 radical (unpaired) electrons. The second kappa shape index (κ2) is 7.79. The zero-order valence-electron chi connectivity index (χ0n) is 14.1. The van der Waals surface area contributed by atoms with Crippen molar-refractivity contribution in [2.45, 2.75) is 31.7 Å². The van der Waals surface area contributed by atoms with Crippen molar-refractivity contribution in [2.24, 2.45) is 5.92 Å². The molecule has 1 aromatic rings. The molecule has 1 unspecified atom stereocenters. The van der Waals surface area contributed by atoms with Gasteiger partial charge in [0.25, 0.3) is 0 Å². The molecule has 0 bridgehead atoms. The maximum Gasteiger partial charge on any atom is 0.245 e. The molecule has 2 saturated heterocycles. The van der Waals surface area contributed by atoms with Crippen molar-refractivity contribution in [1.82, 2.24) is 9.80 Å². The highest BCUT2D eigenvalue weighted by Gasteiger charge is 2.37. The Morgan fingerprint density at radius 2 is 1.72 bits per heavy atom. The lowest BCUT2D eigenvalue weighted by Gasteiger charge is -2.35. The molecule has 0 spiro atoms. The second-order valence-corrected chi connectivity index (χ2v) is 7.44. The van der Waals surface area contributed by atoms with Crippen LogP contribution in [0.25, 0.3) is 0 Å². The monoisotopic (exact) mass is 380 g/mol. The molecule has 0 N–H and O–H groups in total. The van der Waals surface area contributed by atoms with E-state index in [4.69, 9.17) is 23.2 Å². The Kier molecular flexibility index (Phi) is 5.70. The highest BCUT2D eigenvalue weighted by Crippen LogP contribution is 2.41. The molecule has 0 saturated carbocycles. The minimum atomic E-state index is -0.0622. The van der Waals surface area contributed by atoms with Crippen LogP contribution in [0, 0.1) is 5.92 Å². The Labute approximate surface area is 158 Å². The molecule has 134 valence electrons. The van der Waals surface area contributed by atoms with Crippen LogP contribution in [0.4, 0.5) is 0 Å². The Balaban J connectivity index is 1.72. The Bertz CT molecular complexity index is 664. The third kappa shape index (κ3) is 3.70. The van der Waals surface area contributed by atoms with E-state index in [1.807, 2.05) is 23.1 Å². The van der Waals surface area contributed by atoms with Crippen LogP contribution in [0.3, 0.4) is 0 Å². The zero-order valence-corrected chi connectivity index (χ0v) is 15.6. The summed E-state index contributed by atoms with van der Waals surface area (Å²) in [6.45, 7) is 5.46. The van der Waals surface area contributed by atoms with E-state index < -0.39 is 0 Å². The fourth-order valence-electron chi connectivity index (χ4n) is 3.87. The number of rotatable bonds is 3. The van der Waals surface area contributed by atoms with Gasteiger partial charge in [-0.25, -0.2) is 0 Å². The van der Waals surface area contributed by atoms with Crippen LogP contribution in [0.5, 0.6) is 0 Å². The summed E-state index contributed by atoms with van der Waals surface area (Å²) in [5.41, 5.74) is 0.857. The fourth-order valence-corrected chi connectivity index (χ4v) is 4.52. The van der Waals surface area contributed by atoms with Gasteiger partial charge >= 0.3 is 0 Å². The number of nitrogens with zero attached hydrogens (tertiary/aromatic N) is 2. The number of piperidine rings is 1. The van der Waals surface area contributed by atoms with Crippen LogP contribution in [0.1, 0.15) is 37.3 Å². The van der Waals surface area contributed by atoms with E-state index in [0.29, 0.717) is 36.0 Å². The van der Waals surface area contributed by atoms with Gasteiger partial charge in [0, 0.05) is 41.2 Å². The number of benzene rings is 1. The van der Waals surface area contributed by atoms with Gasteiger partial charge in [-0.05, 0) is 43.9 Å². The number of hydrogen-bond acceptors (Lipinski definition) is 2. The molecule has 2 amide bonds. The lowest BCUT2D eigenvalue weighted by Crippen LogP contribution is -2.43. The number of carbonyl (C=O) groups is 2. The number of halogens is 2. The van der Waals surface area contributed by atoms with Gasteiger partial charge in [0.1, 0.15) is 0 Å². The minimum Gasteiger partial charge on any atom is -0.339 e. The van der Waals surface area contributed by atoms with Crippen LogP contribution in [0.15, 0.2) is 30.9 Å². The first-order chi connectivity index (χ1) is 12.0. The lowest BCUT2D eigenvalue weighted by atomic mass is 9.94. The highest BCUT2D eigenvalue weighted by molar-refractivity contribution is 6.36. The molecule has 4 nitrogen and oxygen atoms in total. The summed E-state index contributed by atoms with van der Waals surface area (Å²) in [5.74, 6) is 0.0488. The van der Waals surface area contributed by atoms with E-state index in [1.54, 1.807) is 4.90 Å². The van der Waals surface area contributed by atoms with Gasteiger partial charge in [-0.2, -0.15) is 0 Å². The number of carbonyl (C=O) groups excluding carboxylic acids is 2. The summed E-state index contributed by atoms with van der Waals surface area (Å²) in [4.78, 5) is 28.5. The highest BCUT2D eigenvalue weighted by atomic mass is 35.5. The van der Waals surface area contributed by atoms with Crippen molar-refractivity contribution in [2.75, 3.05) is 19.6 Å². The van der Waals surface area contributed by atoms with Crippen LogP contribution in [-0.4, -0.2) is 41.2 Å². The molecule has 2 fully saturated rings. The van der Waals surface area contributed by atoms with Gasteiger partial charge in [0.2, 0.25) is 11.8 Å². The normalized spacial score (nSPS) is 21.4. The minimum absolute atomic E-state index is 0.0456. The van der Waals surface area contributed by atoms with Gasteiger partial charge in [0.15, 0.2) is 0 Å². The van der Waals surface area contributed by atoms with Gasteiger partial charge < -0.3 is 9.80 Å². The predicted molar refractivity (Wildman–Crippen MR) is 99.7 cm³/mol. The number of hydrogen-bond donors (Lipinski definition) is 0. The summed E-state index contributed by atoms with van der Waals surface area (Å²) < 4.78 is 0. The third-order valence-corrected chi connectivity index (χ3v) is 5.86. The zero-order chi connectivity index (χ0) is 18.0. The van der Waals surface area contributed by atoms with Gasteiger partial charge in [-0.3, -0.25) is 9.59 Å². The van der Waals surface area contributed by atoms with Crippen LogP contribution in [0.2, 0.25) is 10.0 Å². The van der Waals surface area contributed by atoms with Crippen molar-refractivity contribution < 1.29 is 9.59 Å². The number of likely N-dealkylation sites (tertiary alicyclic amines) is 2. The molecule has 2 aliphatic heterocycles. The summed E-state index contributed by atoms with van der Waals surface area (Å²) in [5, 5.41) is 1.23. The summed E-state index contributed by atoms with van der Waals surface area (Å²) in [7, 11) is 0. The first-order valence-corrected chi connectivity index (χ1v) is 9.44. The van der Waals surface area contributed by atoms with E-state index >= 15 is 0 Å². The average molecular weight is 381 g/mol. The van der Waals surface area contributed by atoms with Crippen molar-refractivity contribution >= 4 is 35.0 Å². The molecule has 2 aliphatic rings. The first kappa shape index (κ1) is 18.3. The molecule has 6 heteroatoms. The molecule has 0 aromatic heterocycles. The lowest BCUT2D eigenvalue weighted by molar-refractivity contribution is -0.140. The molecular weight excluding hydrogens is 359 g/mol. The van der Waals surface area contributed by atoms with Crippen LogP contribution in [-0.2, 0) is 9.59 Å². The van der Waals surface area contributed by atoms with E-state index in [2.05, 4.69) is 6.58 Å². The van der Waals surface area contributed by atoms with Gasteiger partial charge in [-0.1, -0.05) is 35.8 Å². The number of amides is 2. The fraction of sp³-hybridized carbons (Fsp3) is 0.474. The molecule has 3 rings (SSSR count). The second-order valence-electron chi connectivity index (χ2n) is 6.63. The van der Waals surface area contributed by atoms with Gasteiger partial charge in [0.05, 0.1) is 6.04 Å². The predicted octanol–water partition coefficient (Wildman–Crippen LogP) is 4.08. The van der Waals surface area contributed by atoms with Crippen LogP contribution < -0.4 is 0 Å². The van der Waals surface area contributed by atoms with E-state index in [9.17, 15) is 9.59 Å². The Hall–Kier alpha value is -1.52. The topological polar surface area (TPSA) is 40.6 Å². The smallest absolute Gasteiger partial charge is 0.245 e. The first-order valence-electron chi connectivity index (χ1n) is 8.68. The van der Waals surface area contributed by atoms with Crippen molar-refractivity contribution in [3.63, 3.8) is 0 Å². The summed E-state index contributed by atoms with van der Waals surface area (Å²) in [6.07, 6.45) is 4.54. The largest absolute Gasteiger partial charge is 0.339 e. The van der Waals surface area contributed by atoms with E-state index in [0.717, 1.165) is 24.9 Å². The molecule has 25 heavy (non-hydrogen) atoms.